The predicted octanol–water partition coefficient (Wildman–Crippen LogP) is 3.74. The van der Waals surface area contributed by atoms with E-state index >= 15 is 0 Å². The number of hydrogen-bond donors (Lipinski definition) is 3. The second-order valence-corrected chi connectivity index (χ2v) is 6.53. The Morgan fingerprint density at radius 1 is 0.833 bits per heavy atom. The zero-order valence-corrected chi connectivity index (χ0v) is 16.1. The summed E-state index contributed by atoms with van der Waals surface area (Å²) < 4.78 is 5.18. The first kappa shape index (κ1) is 20.7. The molecule has 0 aliphatic carbocycles. The molecular formula is C24H21NO5. The molecule has 6 nitrogen and oxygen atoms in total. The topological polar surface area (TPSA) is 95.9 Å². The number of aromatic hydroxyl groups is 2. The summed E-state index contributed by atoms with van der Waals surface area (Å²) in [6.07, 6.45) is 3.67. The first-order valence-corrected chi connectivity index (χ1v) is 9.29. The Morgan fingerprint density at radius 2 is 1.50 bits per heavy atom. The maximum Gasteiger partial charge on any atom is 0.325 e. The molecule has 0 unspecified atom stereocenters. The van der Waals surface area contributed by atoms with E-state index in [0.717, 1.165) is 16.7 Å². The molecule has 3 aromatic carbocycles. The van der Waals surface area contributed by atoms with E-state index in [1.807, 2.05) is 42.5 Å². The Hall–Kier alpha value is -4.06. The van der Waals surface area contributed by atoms with Gasteiger partial charge in [-0.15, -0.1) is 0 Å². The zero-order valence-electron chi connectivity index (χ0n) is 16.1. The maximum absolute atomic E-state index is 11.9. The highest BCUT2D eigenvalue weighted by Gasteiger charge is 2.08. The predicted molar refractivity (Wildman–Crippen MR) is 114 cm³/mol. The average Bonchev–Trinajstić information content (AvgIpc) is 2.78. The van der Waals surface area contributed by atoms with Gasteiger partial charge in [0.05, 0.1) is 0 Å². The van der Waals surface area contributed by atoms with Gasteiger partial charge in [-0.05, 0) is 41.0 Å². The first-order chi connectivity index (χ1) is 14.5. The Morgan fingerprint density at radius 3 is 2.20 bits per heavy atom. The molecule has 152 valence electrons. The fourth-order valence-corrected chi connectivity index (χ4v) is 2.62. The van der Waals surface area contributed by atoms with Crippen molar-refractivity contribution in [3.05, 3.63) is 95.1 Å². The molecule has 0 aliphatic heterocycles. The van der Waals surface area contributed by atoms with Gasteiger partial charge < -0.3 is 20.3 Å². The Kier molecular flexibility index (Phi) is 6.84. The van der Waals surface area contributed by atoms with Crippen molar-refractivity contribution >= 4 is 24.0 Å². The standard InChI is InChI=1S/C24H21NO5/c26-21-13-12-18(14-22(21)27)9-6-17-7-10-19(11-8-17)16-30-23(28)15-25-24(29)20-4-2-1-3-5-20/h1-14,26-27H,15-16H2,(H,25,29)/b9-6+. The number of nitrogens with one attached hydrogen (secondary N) is 1. The van der Waals surface area contributed by atoms with E-state index < -0.39 is 5.97 Å². The highest BCUT2D eigenvalue weighted by atomic mass is 16.5. The smallest absolute Gasteiger partial charge is 0.325 e. The lowest BCUT2D eigenvalue weighted by Crippen LogP contribution is -2.30. The van der Waals surface area contributed by atoms with Gasteiger partial charge in [0.25, 0.3) is 5.91 Å². The minimum absolute atomic E-state index is 0.107. The minimum Gasteiger partial charge on any atom is -0.504 e. The summed E-state index contributed by atoms with van der Waals surface area (Å²) in [7, 11) is 0. The third kappa shape index (κ3) is 5.97. The third-order valence-corrected chi connectivity index (χ3v) is 4.28. The average molecular weight is 403 g/mol. The summed E-state index contributed by atoms with van der Waals surface area (Å²) in [6, 6.07) is 20.6. The van der Waals surface area contributed by atoms with Crippen LogP contribution >= 0.6 is 0 Å². The fourth-order valence-electron chi connectivity index (χ4n) is 2.62. The van der Waals surface area contributed by atoms with Gasteiger partial charge in [0.15, 0.2) is 11.5 Å². The molecule has 1 amide bonds. The van der Waals surface area contributed by atoms with Gasteiger partial charge in [0.2, 0.25) is 0 Å². The molecule has 0 saturated heterocycles. The number of phenols is 2. The van der Waals surface area contributed by atoms with Crippen molar-refractivity contribution in [1.29, 1.82) is 0 Å². The van der Waals surface area contributed by atoms with E-state index in [9.17, 15) is 19.8 Å². The summed E-state index contributed by atoms with van der Waals surface area (Å²) in [5, 5.41) is 21.4. The van der Waals surface area contributed by atoms with E-state index in [2.05, 4.69) is 5.32 Å². The van der Waals surface area contributed by atoms with Crippen LogP contribution in [0.1, 0.15) is 27.0 Å². The third-order valence-electron chi connectivity index (χ3n) is 4.28. The van der Waals surface area contributed by atoms with Gasteiger partial charge in [-0.1, -0.05) is 60.7 Å². The molecule has 3 N–H and O–H groups in total. The van der Waals surface area contributed by atoms with Crippen LogP contribution in [0.3, 0.4) is 0 Å². The van der Waals surface area contributed by atoms with Gasteiger partial charge in [-0.3, -0.25) is 9.59 Å². The lowest BCUT2D eigenvalue weighted by atomic mass is 10.1. The number of carbonyl (C=O) groups excluding carboxylic acids is 2. The van der Waals surface area contributed by atoms with Crippen molar-refractivity contribution in [3.63, 3.8) is 0 Å². The van der Waals surface area contributed by atoms with Crippen LogP contribution in [0.2, 0.25) is 0 Å². The number of amides is 1. The van der Waals surface area contributed by atoms with Gasteiger partial charge in [0.1, 0.15) is 13.2 Å². The van der Waals surface area contributed by atoms with Crippen molar-refractivity contribution in [3.8, 4) is 11.5 Å². The molecule has 0 saturated carbocycles. The molecule has 30 heavy (non-hydrogen) atoms. The lowest BCUT2D eigenvalue weighted by Gasteiger charge is -2.07. The number of carbonyl (C=O) groups is 2. The molecule has 0 heterocycles. The molecule has 3 rings (SSSR count). The van der Waals surface area contributed by atoms with Crippen LogP contribution in [0.4, 0.5) is 0 Å². The Labute approximate surface area is 174 Å². The summed E-state index contributed by atoms with van der Waals surface area (Å²) in [5.41, 5.74) is 2.97. The molecule has 6 heteroatoms. The maximum atomic E-state index is 11.9. The Balaban J connectivity index is 1.46. The van der Waals surface area contributed by atoms with Crippen molar-refractivity contribution in [2.24, 2.45) is 0 Å². The van der Waals surface area contributed by atoms with E-state index in [-0.39, 0.29) is 30.6 Å². The summed E-state index contributed by atoms with van der Waals surface area (Å²) >= 11 is 0. The second kappa shape index (κ2) is 9.93. The molecule has 0 bridgehead atoms. The van der Waals surface area contributed by atoms with Crippen molar-refractivity contribution < 1.29 is 24.5 Å². The highest BCUT2D eigenvalue weighted by molar-refractivity contribution is 5.95. The lowest BCUT2D eigenvalue weighted by molar-refractivity contribution is -0.143. The molecule has 3 aromatic rings. The van der Waals surface area contributed by atoms with Crippen molar-refractivity contribution in [2.45, 2.75) is 6.61 Å². The summed E-state index contributed by atoms with van der Waals surface area (Å²) in [5.74, 6) is -1.18. The van der Waals surface area contributed by atoms with Crippen molar-refractivity contribution in [1.82, 2.24) is 5.32 Å². The first-order valence-electron chi connectivity index (χ1n) is 9.29. The zero-order chi connectivity index (χ0) is 21.3. The molecule has 0 aromatic heterocycles. The van der Waals surface area contributed by atoms with E-state index in [4.69, 9.17) is 4.74 Å². The molecule has 0 fully saturated rings. The normalized spacial score (nSPS) is 10.7. The van der Waals surface area contributed by atoms with Crippen molar-refractivity contribution in [2.75, 3.05) is 6.54 Å². The number of ether oxygens (including phenoxy) is 1. The SMILES string of the molecule is O=C(CNC(=O)c1ccccc1)OCc1ccc(/C=C/c2ccc(O)c(O)c2)cc1. The number of esters is 1. The van der Waals surface area contributed by atoms with Crippen LogP contribution in [0.25, 0.3) is 12.2 Å². The number of phenolic OH excluding ortho intramolecular Hbond substituents is 2. The second-order valence-electron chi connectivity index (χ2n) is 6.53. The van der Waals surface area contributed by atoms with E-state index in [0.29, 0.717) is 5.56 Å². The fraction of sp³-hybridized carbons (Fsp3) is 0.0833. The van der Waals surface area contributed by atoms with Gasteiger partial charge in [0, 0.05) is 5.56 Å². The largest absolute Gasteiger partial charge is 0.504 e. The van der Waals surface area contributed by atoms with Gasteiger partial charge >= 0.3 is 5.97 Å². The van der Waals surface area contributed by atoms with Gasteiger partial charge in [-0.2, -0.15) is 0 Å². The van der Waals surface area contributed by atoms with Crippen LogP contribution in [-0.2, 0) is 16.1 Å². The molecular weight excluding hydrogens is 382 g/mol. The van der Waals surface area contributed by atoms with Crippen LogP contribution in [0, 0.1) is 0 Å². The Bertz CT molecular complexity index is 1040. The quantitative estimate of drug-likeness (QED) is 0.317. The molecule has 0 radical (unpaired) electrons. The summed E-state index contributed by atoms with van der Waals surface area (Å²) in [4.78, 5) is 23.8. The number of benzene rings is 3. The van der Waals surface area contributed by atoms with Crippen LogP contribution in [0.15, 0.2) is 72.8 Å². The minimum atomic E-state index is -0.518. The van der Waals surface area contributed by atoms with E-state index in [1.165, 1.54) is 12.1 Å². The number of hydrogen-bond acceptors (Lipinski definition) is 5. The molecule has 0 spiro atoms. The van der Waals surface area contributed by atoms with Gasteiger partial charge in [-0.25, -0.2) is 0 Å². The number of rotatable bonds is 7. The van der Waals surface area contributed by atoms with E-state index in [1.54, 1.807) is 30.3 Å². The molecule has 0 aliphatic rings. The van der Waals surface area contributed by atoms with Crippen LogP contribution < -0.4 is 5.32 Å². The monoisotopic (exact) mass is 403 g/mol. The summed E-state index contributed by atoms with van der Waals surface area (Å²) in [6.45, 7) is -0.0934. The van der Waals surface area contributed by atoms with Crippen LogP contribution in [-0.4, -0.2) is 28.6 Å². The molecule has 0 atom stereocenters. The highest BCUT2D eigenvalue weighted by Crippen LogP contribution is 2.25. The van der Waals surface area contributed by atoms with Crippen LogP contribution in [0.5, 0.6) is 11.5 Å².